The summed E-state index contributed by atoms with van der Waals surface area (Å²) in [5.74, 6) is 0.0234. The third-order valence-electron chi connectivity index (χ3n) is 3.77. The first-order valence-corrected chi connectivity index (χ1v) is 8.72. The zero-order chi connectivity index (χ0) is 15.2. The maximum absolute atomic E-state index is 12.4. The number of nitrogens with zero attached hydrogens (tertiary/aromatic N) is 1. The molecule has 0 spiro atoms. The minimum Gasteiger partial charge on any atom is -0.451 e. The van der Waals surface area contributed by atoms with E-state index in [2.05, 4.69) is 0 Å². The van der Waals surface area contributed by atoms with Gasteiger partial charge >= 0.3 is 0 Å². The highest BCUT2D eigenvalue weighted by Gasteiger charge is 2.33. The van der Waals surface area contributed by atoms with Crippen molar-refractivity contribution in [2.24, 2.45) is 0 Å². The average molecular weight is 328 g/mol. The van der Waals surface area contributed by atoms with Crippen LogP contribution in [0.15, 0.2) is 28.7 Å². The number of carbonyl (C=O) groups excluding carboxylic acids is 1. The number of furan rings is 1. The summed E-state index contributed by atoms with van der Waals surface area (Å²) in [5, 5.41) is 1.32. The van der Waals surface area contributed by atoms with Gasteiger partial charge in [0.1, 0.15) is 5.58 Å². The molecule has 0 aliphatic carbocycles. The van der Waals surface area contributed by atoms with Crippen molar-refractivity contribution in [2.75, 3.05) is 18.6 Å². The summed E-state index contributed by atoms with van der Waals surface area (Å²) in [6.07, 6.45) is 0.469. The molecule has 1 amide bonds. The molecule has 1 saturated heterocycles. The maximum atomic E-state index is 12.4. The van der Waals surface area contributed by atoms with Crippen molar-refractivity contribution < 1.29 is 17.6 Å². The summed E-state index contributed by atoms with van der Waals surface area (Å²) < 4.78 is 28.5. The number of hydrogen-bond acceptors (Lipinski definition) is 4. The summed E-state index contributed by atoms with van der Waals surface area (Å²) in [6.45, 7) is 0. The summed E-state index contributed by atoms with van der Waals surface area (Å²) in [6, 6.07) is 6.45. The summed E-state index contributed by atoms with van der Waals surface area (Å²) in [4.78, 5) is 13.8. The normalized spacial score (nSPS) is 20.8. The molecule has 2 heterocycles. The van der Waals surface area contributed by atoms with Crippen molar-refractivity contribution in [2.45, 2.75) is 12.5 Å². The Morgan fingerprint density at radius 1 is 1.38 bits per heavy atom. The van der Waals surface area contributed by atoms with Gasteiger partial charge in [0.05, 0.1) is 11.5 Å². The molecule has 0 radical (unpaired) electrons. The van der Waals surface area contributed by atoms with Gasteiger partial charge in [0, 0.05) is 23.5 Å². The van der Waals surface area contributed by atoms with Crippen LogP contribution in [0, 0.1) is 0 Å². The maximum Gasteiger partial charge on any atom is 0.289 e. The second-order valence-electron chi connectivity index (χ2n) is 5.27. The Hall–Kier alpha value is -1.53. The molecule has 0 unspecified atom stereocenters. The fraction of sp³-hybridized carbons (Fsp3) is 0.357. The molecule has 1 atom stereocenters. The lowest BCUT2D eigenvalue weighted by molar-refractivity contribution is 0.0718. The second-order valence-corrected chi connectivity index (χ2v) is 7.93. The topological polar surface area (TPSA) is 67.6 Å². The van der Waals surface area contributed by atoms with E-state index < -0.39 is 9.84 Å². The molecule has 1 aliphatic heterocycles. The van der Waals surface area contributed by atoms with E-state index in [1.807, 2.05) is 0 Å². The van der Waals surface area contributed by atoms with Gasteiger partial charge in [-0.15, -0.1) is 0 Å². The third kappa shape index (κ3) is 2.78. The van der Waals surface area contributed by atoms with Crippen LogP contribution in [0.1, 0.15) is 17.0 Å². The SMILES string of the molecule is CN(C(=O)c1cc2cc(Cl)ccc2o1)[C@@H]1CCS(=O)(=O)C1. The molecule has 1 aromatic carbocycles. The van der Waals surface area contributed by atoms with Crippen molar-refractivity contribution in [1.29, 1.82) is 0 Å². The molecule has 1 aliphatic rings. The molecule has 1 aromatic heterocycles. The van der Waals surface area contributed by atoms with E-state index in [1.54, 1.807) is 31.3 Å². The van der Waals surface area contributed by atoms with Crippen molar-refractivity contribution >= 4 is 38.3 Å². The highest BCUT2D eigenvalue weighted by molar-refractivity contribution is 7.91. The highest BCUT2D eigenvalue weighted by Crippen LogP contribution is 2.25. The molecule has 7 heteroatoms. The Kier molecular flexibility index (Phi) is 3.45. The number of sulfone groups is 1. The smallest absolute Gasteiger partial charge is 0.289 e. The first-order chi connectivity index (χ1) is 9.85. The summed E-state index contributed by atoms with van der Waals surface area (Å²) >= 11 is 5.90. The van der Waals surface area contributed by atoms with Crippen LogP contribution in [0.25, 0.3) is 11.0 Å². The van der Waals surface area contributed by atoms with Gasteiger partial charge in [0.15, 0.2) is 15.6 Å². The number of halogens is 1. The lowest BCUT2D eigenvalue weighted by Crippen LogP contribution is -2.37. The van der Waals surface area contributed by atoms with Crippen LogP contribution in [0.3, 0.4) is 0 Å². The summed E-state index contributed by atoms with van der Waals surface area (Å²) in [7, 11) is -1.42. The van der Waals surface area contributed by atoms with Crippen LogP contribution in [0.4, 0.5) is 0 Å². The highest BCUT2D eigenvalue weighted by atomic mass is 35.5. The van der Waals surface area contributed by atoms with E-state index in [-0.39, 0.29) is 29.2 Å². The van der Waals surface area contributed by atoms with E-state index in [0.29, 0.717) is 17.0 Å². The quantitative estimate of drug-likeness (QED) is 0.849. The molecule has 5 nitrogen and oxygen atoms in total. The van der Waals surface area contributed by atoms with Crippen molar-refractivity contribution in [3.8, 4) is 0 Å². The number of carbonyl (C=O) groups is 1. The Balaban J connectivity index is 1.86. The van der Waals surface area contributed by atoms with Crippen molar-refractivity contribution in [3.05, 3.63) is 35.0 Å². The van der Waals surface area contributed by atoms with Gasteiger partial charge in [-0.25, -0.2) is 8.42 Å². The van der Waals surface area contributed by atoms with Crippen LogP contribution in [-0.4, -0.2) is 43.8 Å². The molecule has 3 rings (SSSR count). The van der Waals surface area contributed by atoms with Gasteiger partial charge in [0.25, 0.3) is 5.91 Å². The Bertz CT molecular complexity index is 811. The lowest BCUT2D eigenvalue weighted by Gasteiger charge is -2.22. The van der Waals surface area contributed by atoms with Crippen molar-refractivity contribution in [1.82, 2.24) is 4.90 Å². The lowest BCUT2D eigenvalue weighted by atomic mass is 10.2. The summed E-state index contributed by atoms with van der Waals surface area (Å²) in [5.41, 5.74) is 0.579. The average Bonchev–Trinajstić information content (AvgIpc) is 2.99. The minimum absolute atomic E-state index is 0.0152. The van der Waals surface area contributed by atoms with Gasteiger partial charge in [-0.2, -0.15) is 0 Å². The van der Waals surface area contributed by atoms with Gasteiger partial charge < -0.3 is 9.32 Å². The predicted molar refractivity (Wildman–Crippen MR) is 80.4 cm³/mol. The van der Waals surface area contributed by atoms with Crippen LogP contribution >= 0.6 is 11.6 Å². The zero-order valence-corrected chi connectivity index (χ0v) is 12.9. The van der Waals surface area contributed by atoms with Gasteiger partial charge in [0.2, 0.25) is 0 Å². The first kappa shape index (κ1) is 14.4. The van der Waals surface area contributed by atoms with E-state index in [1.165, 1.54) is 4.90 Å². The Morgan fingerprint density at radius 2 is 2.14 bits per heavy atom. The second kappa shape index (κ2) is 5.03. The van der Waals surface area contributed by atoms with Crippen molar-refractivity contribution in [3.63, 3.8) is 0 Å². The molecule has 112 valence electrons. The number of rotatable bonds is 2. The number of benzene rings is 1. The molecule has 0 bridgehead atoms. The van der Waals surface area contributed by atoms with Crippen LogP contribution in [0.2, 0.25) is 5.02 Å². The standard InChI is InChI=1S/C14H14ClNO4S/c1-16(11-4-5-21(18,19)8-11)14(17)13-7-9-6-10(15)2-3-12(9)20-13/h2-3,6-7,11H,4-5,8H2,1H3/t11-/m1/s1. The largest absolute Gasteiger partial charge is 0.451 e. The number of fused-ring (bicyclic) bond motifs is 1. The Labute approximate surface area is 127 Å². The zero-order valence-electron chi connectivity index (χ0n) is 11.4. The van der Waals surface area contributed by atoms with E-state index in [4.69, 9.17) is 16.0 Å². The molecule has 0 saturated carbocycles. The van der Waals surface area contributed by atoms with Crippen LogP contribution in [0.5, 0.6) is 0 Å². The minimum atomic E-state index is -3.03. The first-order valence-electron chi connectivity index (χ1n) is 6.52. The molecule has 1 fully saturated rings. The van der Waals surface area contributed by atoms with E-state index in [9.17, 15) is 13.2 Å². The van der Waals surface area contributed by atoms with Crippen LogP contribution in [-0.2, 0) is 9.84 Å². The number of amides is 1. The molecule has 2 aromatic rings. The van der Waals surface area contributed by atoms with E-state index >= 15 is 0 Å². The number of hydrogen-bond donors (Lipinski definition) is 0. The van der Waals surface area contributed by atoms with E-state index in [0.717, 1.165) is 5.39 Å². The van der Waals surface area contributed by atoms with Crippen LogP contribution < -0.4 is 0 Å². The molecular formula is C14H14ClNO4S. The third-order valence-corrected chi connectivity index (χ3v) is 5.75. The Morgan fingerprint density at radius 3 is 2.81 bits per heavy atom. The molecular weight excluding hydrogens is 314 g/mol. The molecule has 0 N–H and O–H groups in total. The monoisotopic (exact) mass is 327 g/mol. The molecule has 21 heavy (non-hydrogen) atoms. The predicted octanol–water partition coefficient (Wildman–Crippen LogP) is 2.35. The fourth-order valence-electron chi connectivity index (χ4n) is 2.54. The van der Waals surface area contributed by atoms with Gasteiger partial charge in [-0.3, -0.25) is 4.79 Å². The van der Waals surface area contributed by atoms with Gasteiger partial charge in [-0.1, -0.05) is 11.6 Å². The van der Waals surface area contributed by atoms with Gasteiger partial charge in [-0.05, 0) is 30.7 Å². The fourth-order valence-corrected chi connectivity index (χ4v) is 4.50.